The fraction of sp³-hybridized carbons (Fsp3) is 0.318. The van der Waals surface area contributed by atoms with Gasteiger partial charge in [-0.15, -0.1) is 0 Å². The van der Waals surface area contributed by atoms with Crippen molar-refractivity contribution in [3.63, 3.8) is 0 Å². The largest absolute Gasteiger partial charge is 0.495 e. The first-order valence-electron chi connectivity index (χ1n) is 9.38. The lowest BCUT2D eigenvalue weighted by Crippen LogP contribution is -2.49. The van der Waals surface area contributed by atoms with Crippen LogP contribution in [0.2, 0.25) is 0 Å². The topological polar surface area (TPSA) is 48.6 Å². The summed E-state index contributed by atoms with van der Waals surface area (Å²) in [4.78, 5) is 20.3. The number of hydrogen-bond acceptors (Lipinski definition) is 3. The van der Waals surface area contributed by atoms with Crippen molar-refractivity contribution < 1.29 is 9.53 Å². The highest BCUT2D eigenvalue weighted by atomic mass is 16.5. The molecule has 140 valence electrons. The SMILES string of the molecule is COc1ccc(C)cc1N1CCN(C(=O)Cc2c[nH]c3ccccc23)CC1. The van der Waals surface area contributed by atoms with E-state index in [1.54, 1.807) is 7.11 Å². The summed E-state index contributed by atoms with van der Waals surface area (Å²) < 4.78 is 5.51. The van der Waals surface area contributed by atoms with Crippen LogP contribution in [0.3, 0.4) is 0 Å². The Hall–Kier alpha value is -2.95. The number of nitrogens with zero attached hydrogens (tertiary/aromatic N) is 2. The number of aryl methyl sites for hydroxylation is 1. The van der Waals surface area contributed by atoms with E-state index in [2.05, 4.69) is 35.0 Å². The number of rotatable bonds is 4. The van der Waals surface area contributed by atoms with Gasteiger partial charge in [-0.3, -0.25) is 4.79 Å². The number of methoxy groups -OCH3 is 1. The molecule has 1 aliphatic heterocycles. The number of anilines is 1. The van der Waals surface area contributed by atoms with Gasteiger partial charge in [0.05, 0.1) is 19.2 Å². The molecule has 4 rings (SSSR count). The monoisotopic (exact) mass is 363 g/mol. The average molecular weight is 363 g/mol. The third-order valence-corrected chi connectivity index (χ3v) is 5.32. The molecule has 1 aromatic heterocycles. The highest BCUT2D eigenvalue weighted by Crippen LogP contribution is 2.30. The third-order valence-electron chi connectivity index (χ3n) is 5.32. The van der Waals surface area contributed by atoms with Crippen molar-refractivity contribution in [1.82, 2.24) is 9.88 Å². The van der Waals surface area contributed by atoms with Gasteiger partial charge in [-0.1, -0.05) is 24.3 Å². The fourth-order valence-electron chi connectivity index (χ4n) is 3.80. The molecule has 2 heterocycles. The molecule has 3 aromatic rings. The molecule has 0 spiro atoms. The molecule has 27 heavy (non-hydrogen) atoms. The van der Waals surface area contributed by atoms with Crippen molar-refractivity contribution in [1.29, 1.82) is 0 Å². The van der Waals surface area contributed by atoms with Gasteiger partial charge in [0.1, 0.15) is 5.75 Å². The zero-order valence-corrected chi connectivity index (χ0v) is 15.9. The third kappa shape index (κ3) is 3.50. The number of para-hydroxylation sites is 1. The first-order chi connectivity index (χ1) is 13.2. The molecule has 5 nitrogen and oxygen atoms in total. The molecular weight excluding hydrogens is 338 g/mol. The second-order valence-corrected chi connectivity index (χ2v) is 7.08. The number of aromatic nitrogens is 1. The van der Waals surface area contributed by atoms with E-state index in [0.717, 1.165) is 54.1 Å². The van der Waals surface area contributed by atoms with Crippen LogP contribution in [0.15, 0.2) is 48.7 Å². The van der Waals surface area contributed by atoms with Crippen molar-refractivity contribution in [2.45, 2.75) is 13.3 Å². The van der Waals surface area contributed by atoms with Crippen molar-refractivity contribution in [3.05, 3.63) is 59.8 Å². The predicted octanol–water partition coefficient (Wildman–Crippen LogP) is 3.38. The smallest absolute Gasteiger partial charge is 0.227 e. The van der Waals surface area contributed by atoms with Crippen LogP contribution in [0.5, 0.6) is 5.75 Å². The van der Waals surface area contributed by atoms with Gasteiger partial charge in [-0.2, -0.15) is 0 Å². The maximum absolute atomic E-state index is 12.8. The fourth-order valence-corrected chi connectivity index (χ4v) is 3.80. The van der Waals surface area contributed by atoms with Crippen molar-refractivity contribution >= 4 is 22.5 Å². The summed E-state index contributed by atoms with van der Waals surface area (Å²) in [5, 5.41) is 1.13. The summed E-state index contributed by atoms with van der Waals surface area (Å²) in [7, 11) is 1.70. The molecule has 1 fully saturated rings. The van der Waals surface area contributed by atoms with Crippen LogP contribution in [0.1, 0.15) is 11.1 Å². The Labute approximate surface area is 159 Å². The van der Waals surface area contributed by atoms with E-state index in [0.29, 0.717) is 6.42 Å². The van der Waals surface area contributed by atoms with E-state index in [1.165, 1.54) is 5.56 Å². The maximum atomic E-state index is 12.8. The molecule has 0 saturated carbocycles. The number of fused-ring (bicyclic) bond motifs is 1. The van der Waals surface area contributed by atoms with Crippen molar-refractivity contribution in [2.24, 2.45) is 0 Å². The minimum atomic E-state index is 0.190. The van der Waals surface area contributed by atoms with E-state index >= 15 is 0 Å². The molecule has 1 N–H and O–H groups in total. The Balaban J connectivity index is 1.42. The Morgan fingerprint density at radius 1 is 1.11 bits per heavy atom. The van der Waals surface area contributed by atoms with Gasteiger partial charge in [0.15, 0.2) is 0 Å². The summed E-state index contributed by atoms with van der Waals surface area (Å²) >= 11 is 0. The normalized spacial score (nSPS) is 14.6. The van der Waals surface area contributed by atoms with Crippen LogP contribution in [0.4, 0.5) is 5.69 Å². The number of carbonyl (C=O) groups excluding carboxylic acids is 1. The number of ether oxygens (including phenoxy) is 1. The van der Waals surface area contributed by atoms with Gasteiger partial charge < -0.3 is 19.5 Å². The summed E-state index contributed by atoms with van der Waals surface area (Å²) in [5.41, 5.74) is 4.47. The van der Waals surface area contributed by atoms with Gasteiger partial charge >= 0.3 is 0 Å². The minimum absolute atomic E-state index is 0.190. The van der Waals surface area contributed by atoms with E-state index in [-0.39, 0.29) is 5.91 Å². The predicted molar refractivity (Wildman–Crippen MR) is 109 cm³/mol. The molecule has 0 radical (unpaired) electrons. The number of piperazine rings is 1. The van der Waals surface area contributed by atoms with Gasteiger partial charge in [0.25, 0.3) is 0 Å². The Bertz CT molecular complexity index is 955. The second-order valence-electron chi connectivity index (χ2n) is 7.08. The van der Waals surface area contributed by atoms with E-state index in [9.17, 15) is 4.79 Å². The molecule has 1 amide bonds. The Morgan fingerprint density at radius 2 is 1.89 bits per heavy atom. The molecular formula is C22H25N3O2. The molecule has 0 aliphatic carbocycles. The molecule has 0 bridgehead atoms. The van der Waals surface area contributed by atoms with E-state index in [1.807, 2.05) is 35.4 Å². The Kier molecular flexibility index (Phi) is 4.75. The lowest BCUT2D eigenvalue weighted by molar-refractivity contribution is -0.130. The van der Waals surface area contributed by atoms with Crippen LogP contribution in [0, 0.1) is 6.92 Å². The van der Waals surface area contributed by atoms with Gasteiger partial charge in [0, 0.05) is 43.3 Å². The summed E-state index contributed by atoms with van der Waals surface area (Å²) in [6.45, 7) is 5.19. The second kappa shape index (κ2) is 7.35. The van der Waals surface area contributed by atoms with Crippen LogP contribution in [0.25, 0.3) is 10.9 Å². The van der Waals surface area contributed by atoms with E-state index in [4.69, 9.17) is 4.74 Å². The maximum Gasteiger partial charge on any atom is 0.227 e. The molecule has 5 heteroatoms. The zero-order valence-electron chi connectivity index (χ0n) is 15.9. The van der Waals surface area contributed by atoms with E-state index < -0.39 is 0 Å². The number of aromatic amines is 1. The van der Waals surface area contributed by atoms with Gasteiger partial charge in [-0.25, -0.2) is 0 Å². The number of hydrogen-bond donors (Lipinski definition) is 1. The summed E-state index contributed by atoms with van der Waals surface area (Å²) in [6.07, 6.45) is 2.40. The number of amides is 1. The summed E-state index contributed by atoms with van der Waals surface area (Å²) in [6, 6.07) is 14.3. The van der Waals surface area contributed by atoms with Crippen LogP contribution < -0.4 is 9.64 Å². The molecule has 1 aliphatic rings. The van der Waals surface area contributed by atoms with Crippen molar-refractivity contribution in [2.75, 3.05) is 38.2 Å². The highest BCUT2D eigenvalue weighted by Gasteiger charge is 2.23. The molecule has 1 saturated heterocycles. The van der Waals surface area contributed by atoms with Gasteiger partial charge in [0.2, 0.25) is 5.91 Å². The number of nitrogens with one attached hydrogen (secondary N) is 1. The summed E-state index contributed by atoms with van der Waals surface area (Å²) in [5.74, 6) is 1.08. The van der Waals surface area contributed by atoms with Crippen LogP contribution in [-0.4, -0.2) is 49.1 Å². The lowest BCUT2D eigenvalue weighted by Gasteiger charge is -2.36. The average Bonchev–Trinajstić information content (AvgIpc) is 3.11. The van der Waals surface area contributed by atoms with Crippen LogP contribution in [-0.2, 0) is 11.2 Å². The highest BCUT2D eigenvalue weighted by molar-refractivity contribution is 5.89. The number of H-pyrrole nitrogens is 1. The Morgan fingerprint density at radius 3 is 2.67 bits per heavy atom. The minimum Gasteiger partial charge on any atom is -0.495 e. The van der Waals surface area contributed by atoms with Crippen molar-refractivity contribution in [3.8, 4) is 5.75 Å². The first-order valence-corrected chi connectivity index (χ1v) is 9.38. The van der Waals surface area contributed by atoms with Gasteiger partial charge in [-0.05, 0) is 36.2 Å². The molecule has 0 unspecified atom stereocenters. The van der Waals surface area contributed by atoms with Crippen LogP contribution >= 0.6 is 0 Å². The lowest BCUT2D eigenvalue weighted by atomic mass is 10.1. The number of carbonyl (C=O) groups is 1. The zero-order chi connectivity index (χ0) is 18.8. The first kappa shape index (κ1) is 17.5. The molecule has 2 aromatic carbocycles. The molecule has 0 atom stereocenters. The number of benzene rings is 2. The standard InChI is InChI=1S/C22H25N3O2/c1-16-7-8-21(27-2)20(13-16)24-9-11-25(12-10-24)22(26)14-17-15-23-19-6-4-3-5-18(17)19/h3-8,13,15,23H,9-12,14H2,1-2H3. The quantitative estimate of drug-likeness (QED) is 0.773.